The molecule has 0 aliphatic carbocycles. The number of nitrogens with one attached hydrogen (secondary N) is 1. The Morgan fingerprint density at radius 2 is 2.33 bits per heavy atom. The molecule has 1 aliphatic heterocycles. The van der Waals surface area contributed by atoms with Gasteiger partial charge in [0.1, 0.15) is 5.82 Å². The van der Waals surface area contributed by atoms with Crippen LogP contribution in [0.3, 0.4) is 0 Å². The van der Waals surface area contributed by atoms with Gasteiger partial charge in [0.2, 0.25) is 0 Å². The third-order valence-corrected chi connectivity index (χ3v) is 2.87. The van der Waals surface area contributed by atoms with Crippen LogP contribution in [0.5, 0.6) is 0 Å². The van der Waals surface area contributed by atoms with Crippen molar-refractivity contribution in [3.8, 4) is 0 Å². The van der Waals surface area contributed by atoms with Crippen molar-refractivity contribution in [2.45, 2.75) is 13.0 Å². The van der Waals surface area contributed by atoms with E-state index in [-0.39, 0.29) is 16.9 Å². The highest BCUT2D eigenvalue weighted by atomic mass is 35.5. The molecule has 0 saturated carbocycles. The van der Waals surface area contributed by atoms with Gasteiger partial charge in [-0.1, -0.05) is 11.6 Å². The lowest BCUT2D eigenvalue weighted by atomic mass is 10.0. The number of ether oxygens (including phenoxy) is 1. The summed E-state index contributed by atoms with van der Waals surface area (Å²) in [6.07, 6.45) is -0.0168. The maximum atomic E-state index is 13.1. The number of rotatable bonds is 1. The molecule has 1 atom stereocenters. The SMILES string of the molecule is Cc1cc(F)c(Cl)cc1C1CNCCO1. The lowest BCUT2D eigenvalue weighted by molar-refractivity contribution is 0.0273. The predicted molar refractivity (Wildman–Crippen MR) is 57.7 cm³/mol. The summed E-state index contributed by atoms with van der Waals surface area (Å²) in [6, 6.07) is 3.11. The molecule has 1 aromatic rings. The van der Waals surface area contributed by atoms with Crippen LogP contribution < -0.4 is 5.32 Å². The molecular weight excluding hydrogens is 217 g/mol. The van der Waals surface area contributed by atoms with Crippen LogP contribution in [-0.4, -0.2) is 19.7 Å². The maximum Gasteiger partial charge on any atom is 0.142 e. The van der Waals surface area contributed by atoms with Crippen molar-refractivity contribution in [3.05, 3.63) is 34.1 Å². The fourth-order valence-electron chi connectivity index (χ4n) is 1.77. The first kappa shape index (κ1) is 10.9. The molecule has 2 nitrogen and oxygen atoms in total. The Morgan fingerprint density at radius 1 is 1.53 bits per heavy atom. The average Bonchev–Trinajstić information content (AvgIpc) is 2.25. The molecule has 1 unspecified atom stereocenters. The summed E-state index contributed by atoms with van der Waals surface area (Å²) in [5.41, 5.74) is 1.85. The van der Waals surface area contributed by atoms with Gasteiger partial charge in [0.15, 0.2) is 0 Å². The summed E-state index contributed by atoms with van der Waals surface area (Å²) >= 11 is 5.75. The van der Waals surface area contributed by atoms with E-state index in [0.29, 0.717) is 6.61 Å². The highest BCUT2D eigenvalue weighted by Crippen LogP contribution is 2.27. The Morgan fingerprint density at radius 3 is 3.00 bits per heavy atom. The normalized spacial score (nSPS) is 21.7. The van der Waals surface area contributed by atoms with E-state index in [9.17, 15) is 4.39 Å². The van der Waals surface area contributed by atoms with Gasteiger partial charge >= 0.3 is 0 Å². The smallest absolute Gasteiger partial charge is 0.142 e. The monoisotopic (exact) mass is 229 g/mol. The van der Waals surface area contributed by atoms with Gasteiger partial charge in [-0.15, -0.1) is 0 Å². The maximum absolute atomic E-state index is 13.1. The Labute approximate surface area is 93.4 Å². The summed E-state index contributed by atoms with van der Waals surface area (Å²) < 4.78 is 18.7. The van der Waals surface area contributed by atoms with Crippen LogP contribution in [0.15, 0.2) is 12.1 Å². The molecule has 1 heterocycles. The van der Waals surface area contributed by atoms with Crippen LogP contribution in [0.25, 0.3) is 0 Å². The Kier molecular flexibility index (Phi) is 3.24. The third-order valence-electron chi connectivity index (χ3n) is 2.58. The highest BCUT2D eigenvalue weighted by molar-refractivity contribution is 6.30. The van der Waals surface area contributed by atoms with Crippen molar-refractivity contribution in [1.29, 1.82) is 0 Å². The van der Waals surface area contributed by atoms with Crippen molar-refractivity contribution in [1.82, 2.24) is 5.32 Å². The Balaban J connectivity index is 2.30. The van der Waals surface area contributed by atoms with E-state index in [1.54, 1.807) is 6.07 Å². The van der Waals surface area contributed by atoms with Crippen LogP contribution in [0.4, 0.5) is 4.39 Å². The zero-order chi connectivity index (χ0) is 10.8. The quantitative estimate of drug-likeness (QED) is 0.799. The van der Waals surface area contributed by atoms with Crippen molar-refractivity contribution >= 4 is 11.6 Å². The minimum absolute atomic E-state index is 0.0168. The van der Waals surface area contributed by atoms with E-state index in [1.807, 2.05) is 6.92 Å². The number of aryl methyl sites for hydroxylation is 1. The highest BCUT2D eigenvalue weighted by Gasteiger charge is 2.18. The van der Waals surface area contributed by atoms with Crippen LogP contribution in [0.2, 0.25) is 5.02 Å². The number of benzene rings is 1. The lowest BCUT2D eigenvalue weighted by Crippen LogP contribution is -2.33. The van der Waals surface area contributed by atoms with Gasteiger partial charge in [-0.05, 0) is 30.2 Å². The molecule has 2 rings (SSSR count). The van der Waals surface area contributed by atoms with Gasteiger partial charge in [0, 0.05) is 13.1 Å². The standard InChI is InChI=1S/C11H13ClFNO/c1-7-4-10(13)9(12)5-8(7)11-6-14-2-3-15-11/h4-5,11,14H,2-3,6H2,1H3. The first-order valence-corrected chi connectivity index (χ1v) is 5.34. The van der Waals surface area contributed by atoms with Gasteiger partial charge < -0.3 is 10.1 Å². The predicted octanol–water partition coefficient (Wildman–Crippen LogP) is 2.45. The number of hydrogen-bond donors (Lipinski definition) is 1. The molecule has 82 valence electrons. The van der Waals surface area contributed by atoms with Crippen LogP contribution in [-0.2, 0) is 4.74 Å². The van der Waals surface area contributed by atoms with Crippen LogP contribution in [0, 0.1) is 12.7 Å². The fraction of sp³-hybridized carbons (Fsp3) is 0.455. The zero-order valence-electron chi connectivity index (χ0n) is 8.52. The zero-order valence-corrected chi connectivity index (χ0v) is 9.27. The largest absolute Gasteiger partial charge is 0.371 e. The molecular formula is C11H13ClFNO. The minimum atomic E-state index is -0.373. The van der Waals surface area contributed by atoms with Crippen molar-refractivity contribution in [3.63, 3.8) is 0 Å². The fourth-order valence-corrected chi connectivity index (χ4v) is 1.95. The number of hydrogen-bond acceptors (Lipinski definition) is 2. The Bertz CT molecular complexity index is 364. The van der Waals surface area contributed by atoms with E-state index in [4.69, 9.17) is 16.3 Å². The second-order valence-electron chi connectivity index (χ2n) is 3.69. The topological polar surface area (TPSA) is 21.3 Å². The van der Waals surface area contributed by atoms with Gasteiger partial charge in [0.05, 0.1) is 17.7 Å². The van der Waals surface area contributed by atoms with E-state index < -0.39 is 0 Å². The van der Waals surface area contributed by atoms with E-state index in [2.05, 4.69) is 5.32 Å². The lowest BCUT2D eigenvalue weighted by Gasteiger charge is -2.25. The second-order valence-corrected chi connectivity index (χ2v) is 4.09. The van der Waals surface area contributed by atoms with Crippen molar-refractivity contribution < 1.29 is 9.13 Å². The molecule has 0 bridgehead atoms. The van der Waals surface area contributed by atoms with Gasteiger partial charge in [-0.3, -0.25) is 0 Å². The number of morpholine rings is 1. The third kappa shape index (κ3) is 2.30. The summed E-state index contributed by atoms with van der Waals surface area (Å²) in [6.45, 7) is 4.17. The van der Waals surface area contributed by atoms with E-state index in [0.717, 1.165) is 24.2 Å². The average molecular weight is 230 g/mol. The first-order chi connectivity index (χ1) is 7.18. The van der Waals surface area contributed by atoms with Crippen molar-refractivity contribution in [2.75, 3.05) is 19.7 Å². The molecule has 1 fully saturated rings. The van der Waals surface area contributed by atoms with E-state index >= 15 is 0 Å². The molecule has 0 radical (unpaired) electrons. The molecule has 0 spiro atoms. The Hall–Kier alpha value is -0.640. The summed E-state index contributed by atoms with van der Waals surface area (Å²) in [5.74, 6) is -0.373. The van der Waals surface area contributed by atoms with Crippen molar-refractivity contribution in [2.24, 2.45) is 0 Å². The molecule has 0 amide bonds. The van der Waals surface area contributed by atoms with Gasteiger partial charge in [0.25, 0.3) is 0 Å². The van der Waals surface area contributed by atoms with Gasteiger partial charge in [-0.2, -0.15) is 0 Å². The molecule has 1 aromatic carbocycles. The van der Waals surface area contributed by atoms with E-state index in [1.165, 1.54) is 6.07 Å². The van der Waals surface area contributed by atoms with Gasteiger partial charge in [-0.25, -0.2) is 4.39 Å². The molecule has 1 aliphatic rings. The molecule has 1 saturated heterocycles. The van der Waals surface area contributed by atoms with Crippen LogP contribution in [0.1, 0.15) is 17.2 Å². The second kappa shape index (κ2) is 4.47. The summed E-state index contributed by atoms with van der Waals surface area (Å²) in [4.78, 5) is 0. The first-order valence-electron chi connectivity index (χ1n) is 4.96. The molecule has 1 N–H and O–H groups in total. The number of halogens is 2. The summed E-state index contributed by atoms with van der Waals surface area (Å²) in [5, 5.41) is 3.39. The van der Waals surface area contributed by atoms with Crippen LogP contribution >= 0.6 is 11.6 Å². The molecule has 15 heavy (non-hydrogen) atoms. The molecule has 4 heteroatoms. The summed E-state index contributed by atoms with van der Waals surface area (Å²) in [7, 11) is 0. The minimum Gasteiger partial charge on any atom is -0.371 e. The molecule has 0 aromatic heterocycles.